The zero-order valence-corrected chi connectivity index (χ0v) is 10.4. The fraction of sp³-hybridized carbons (Fsp3) is 0.571. The SMILES string of the molecule is CNc1ccccc1CCC(C)C(C)C. The van der Waals surface area contributed by atoms with E-state index in [2.05, 4.69) is 50.4 Å². The van der Waals surface area contributed by atoms with Crippen molar-refractivity contribution in [1.29, 1.82) is 0 Å². The smallest absolute Gasteiger partial charge is 0.0370 e. The third-order valence-corrected chi connectivity index (χ3v) is 3.29. The van der Waals surface area contributed by atoms with Crippen molar-refractivity contribution in [1.82, 2.24) is 0 Å². The van der Waals surface area contributed by atoms with Gasteiger partial charge in [0.15, 0.2) is 0 Å². The summed E-state index contributed by atoms with van der Waals surface area (Å²) in [5, 5.41) is 3.25. The summed E-state index contributed by atoms with van der Waals surface area (Å²) in [6, 6.07) is 8.58. The van der Waals surface area contributed by atoms with Gasteiger partial charge in [-0.3, -0.25) is 0 Å². The van der Waals surface area contributed by atoms with E-state index >= 15 is 0 Å². The van der Waals surface area contributed by atoms with Crippen molar-refractivity contribution in [2.24, 2.45) is 11.8 Å². The normalized spacial score (nSPS) is 12.9. The molecule has 0 radical (unpaired) electrons. The van der Waals surface area contributed by atoms with Crippen LogP contribution in [0.1, 0.15) is 32.8 Å². The third-order valence-electron chi connectivity index (χ3n) is 3.29. The molecule has 1 rings (SSSR count). The van der Waals surface area contributed by atoms with Crippen LogP contribution in [-0.2, 0) is 6.42 Å². The van der Waals surface area contributed by atoms with Crippen molar-refractivity contribution in [3.05, 3.63) is 29.8 Å². The zero-order valence-electron chi connectivity index (χ0n) is 10.4. The van der Waals surface area contributed by atoms with Crippen LogP contribution in [0.2, 0.25) is 0 Å². The number of benzene rings is 1. The van der Waals surface area contributed by atoms with E-state index < -0.39 is 0 Å². The molecule has 0 bridgehead atoms. The van der Waals surface area contributed by atoms with Gasteiger partial charge in [0, 0.05) is 12.7 Å². The summed E-state index contributed by atoms with van der Waals surface area (Å²) in [4.78, 5) is 0. The molecule has 1 N–H and O–H groups in total. The maximum absolute atomic E-state index is 3.25. The average molecular weight is 205 g/mol. The minimum absolute atomic E-state index is 0.784. The molecule has 0 amide bonds. The highest BCUT2D eigenvalue weighted by atomic mass is 14.8. The molecule has 0 aliphatic heterocycles. The molecule has 1 heteroatoms. The molecule has 1 aromatic carbocycles. The average Bonchev–Trinajstić information content (AvgIpc) is 2.26. The highest BCUT2D eigenvalue weighted by Gasteiger charge is 2.08. The molecular weight excluding hydrogens is 182 g/mol. The Morgan fingerprint density at radius 3 is 2.40 bits per heavy atom. The molecule has 0 fully saturated rings. The molecule has 0 aliphatic carbocycles. The molecule has 84 valence electrons. The van der Waals surface area contributed by atoms with Crippen LogP contribution in [0, 0.1) is 11.8 Å². The molecule has 0 saturated heterocycles. The van der Waals surface area contributed by atoms with Gasteiger partial charge in [-0.2, -0.15) is 0 Å². The fourth-order valence-electron chi connectivity index (χ4n) is 1.70. The van der Waals surface area contributed by atoms with Crippen molar-refractivity contribution in [3.63, 3.8) is 0 Å². The first-order valence-corrected chi connectivity index (χ1v) is 5.90. The molecule has 1 atom stereocenters. The van der Waals surface area contributed by atoms with Crippen LogP contribution in [-0.4, -0.2) is 7.05 Å². The van der Waals surface area contributed by atoms with Gasteiger partial charge in [0.2, 0.25) is 0 Å². The Morgan fingerprint density at radius 2 is 1.80 bits per heavy atom. The maximum Gasteiger partial charge on any atom is 0.0370 e. The van der Waals surface area contributed by atoms with Crippen molar-refractivity contribution in [3.8, 4) is 0 Å². The number of rotatable bonds is 5. The summed E-state index contributed by atoms with van der Waals surface area (Å²) in [6.45, 7) is 6.94. The first-order valence-electron chi connectivity index (χ1n) is 5.90. The summed E-state index contributed by atoms with van der Waals surface area (Å²) in [5.41, 5.74) is 2.71. The van der Waals surface area contributed by atoms with E-state index in [1.54, 1.807) is 0 Å². The van der Waals surface area contributed by atoms with Crippen molar-refractivity contribution < 1.29 is 0 Å². The quantitative estimate of drug-likeness (QED) is 0.767. The lowest BCUT2D eigenvalue weighted by molar-refractivity contribution is 0.393. The predicted molar refractivity (Wildman–Crippen MR) is 68.3 cm³/mol. The van der Waals surface area contributed by atoms with Gasteiger partial charge >= 0.3 is 0 Å². The van der Waals surface area contributed by atoms with Crippen molar-refractivity contribution >= 4 is 5.69 Å². The van der Waals surface area contributed by atoms with E-state index in [1.807, 2.05) is 7.05 Å². The Bertz CT molecular complexity index is 291. The zero-order chi connectivity index (χ0) is 11.3. The van der Waals surface area contributed by atoms with E-state index in [0.717, 1.165) is 11.8 Å². The molecule has 1 aromatic rings. The van der Waals surface area contributed by atoms with Gasteiger partial charge in [-0.1, -0.05) is 39.0 Å². The van der Waals surface area contributed by atoms with E-state index in [9.17, 15) is 0 Å². The van der Waals surface area contributed by atoms with E-state index in [4.69, 9.17) is 0 Å². The monoisotopic (exact) mass is 205 g/mol. The standard InChI is InChI=1S/C14H23N/c1-11(2)12(3)9-10-13-7-5-6-8-14(13)15-4/h5-8,11-12,15H,9-10H2,1-4H3. The van der Waals surface area contributed by atoms with Crippen molar-refractivity contribution in [2.45, 2.75) is 33.6 Å². The third kappa shape index (κ3) is 3.58. The van der Waals surface area contributed by atoms with Crippen LogP contribution >= 0.6 is 0 Å². The van der Waals surface area contributed by atoms with Gasteiger partial charge in [0.1, 0.15) is 0 Å². The summed E-state index contributed by atoms with van der Waals surface area (Å²) < 4.78 is 0. The topological polar surface area (TPSA) is 12.0 Å². The summed E-state index contributed by atoms with van der Waals surface area (Å²) in [7, 11) is 1.99. The molecule has 0 aliphatic rings. The van der Waals surface area contributed by atoms with Gasteiger partial charge in [0.25, 0.3) is 0 Å². The minimum atomic E-state index is 0.784. The van der Waals surface area contributed by atoms with Gasteiger partial charge in [-0.15, -0.1) is 0 Å². The lowest BCUT2D eigenvalue weighted by Gasteiger charge is -2.16. The molecule has 0 aromatic heterocycles. The second-order valence-corrected chi connectivity index (χ2v) is 4.67. The highest BCUT2D eigenvalue weighted by molar-refractivity contribution is 5.50. The predicted octanol–water partition coefficient (Wildman–Crippen LogP) is 3.95. The Balaban J connectivity index is 2.57. The first kappa shape index (κ1) is 12.1. The Hall–Kier alpha value is -0.980. The highest BCUT2D eigenvalue weighted by Crippen LogP contribution is 2.21. The van der Waals surface area contributed by atoms with Gasteiger partial charge in [0.05, 0.1) is 0 Å². The van der Waals surface area contributed by atoms with E-state index in [0.29, 0.717) is 0 Å². The van der Waals surface area contributed by atoms with Gasteiger partial charge in [-0.05, 0) is 36.3 Å². The number of aryl methyl sites for hydroxylation is 1. The number of hydrogen-bond donors (Lipinski definition) is 1. The summed E-state index contributed by atoms with van der Waals surface area (Å²) in [5.74, 6) is 1.58. The van der Waals surface area contributed by atoms with Crippen LogP contribution in [0.25, 0.3) is 0 Å². The number of nitrogens with one attached hydrogen (secondary N) is 1. The van der Waals surface area contributed by atoms with Crippen LogP contribution < -0.4 is 5.32 Å². The lowest BCUT2D eigenvalue weighted by Crippen LogP contribution is -2.06. The van der Waals surface area contributed by atoms with Crippen LogP contribution in [0.3, 0.4) is 0 Å². The molecule has 1 nitrogen and oxygen atoms in total. The van der Waals surface area contributed by atoms with Crippen LogP contribution in [0.5, 0.6) is 0 Å². The molecule has 15 heavy (non-hydrogen) atoms. The molecular formula is C14H23N. The molecule has 0 spiro atoms. The second-order valence-electron chi connectivity index (χ2n) is 4.67. The van der Waals surface area contributed by atoms with Crippen LogP contribution in [0.15, 0.2) is 24.3 Å². The summed E-state index contributed by atoms with van der Waals surface area (Å²) in [6.07, 6.45) is 2.45. The Kier molecular flexibility index (Phi) is 4.67. The molecule has 0 saturated carbocycles. The largest absolute Gasteiger partial charge is 0.388 e. The number of hydrogen-bond acceptors (Lipinski definition) is 1. The molecule has 0 heterocycles. The maximum atomic E-state index is 3.25. The van der Waals surface area contributed by atoms with Gasteiger partial charge in [-0.25, -0.2) is 0 Å². The minimum Gasteiger partial charge on any atom is -0.388 e. The Labute approximate surface area is 93.9 Å². The van der Waals surface area contributed by atoms with Crippen LogP contribution in [0.4, 0.5) is 5.69 Å². The Morgan fingerprint density at radius 1 is 1.13 bits per heavy atom. The fourth-order valence-corrected chi connectivity index (χ4v) is 1.70. The van der Waals surface area contributed by atoms with Crippen molar-refractivity contribution in [2.75, 3.05) is 12.4 Å². The molecule has 1 unspecified atom stereocenters. The second kappa shape index (κ2) is 5.79. The number of anilines is 1. The number of para-hydroxylation sites is 1. The van der Waals surface area contributed by atoms with Gasteiger partial charge < -0.3 is 5.32 Å². The van der Waals surface area contributed by atoms with E-state index in [-0.39, 0.29) is 0 Å². The lowest BCUT2D eigenvalue weighted by atomic mass is 9.91. The first-order chi connectivity index (χ1) is 7.15. The van der Waals surface area contributed by atoms with E-state index in [1.165, 1.54) is 24.1 Å². The summed E-state index contributed by atoms with van der Waals surface area (Å²) >= 11 is 0.